The number of nitrogens with one attached hydrogen (secondary N) is 2. The Hall–Kier alpha value is -2.94. The molecule has 3 N–H and O–H groups in total. The minimum Gasteiger partial charge on any atom is -0.495 e. The number of para-hydroxylation sites is 1. The Labute approximate surface area is 179 Å². The van der Waals surface area contributed by atoms with Crippen molar-refractivity contribution in [3.63, 3.8) is 0 Å². The zero-order valence-electron chi connectivity index (χ0n) is 16.8. The standard InChI is InChI=1S/C21H23ClN6O2/c1-28-8-7-13-10-18(30-2)17(9-15(13)11-28)24-21-25-20(19(22)26-27-21)23-16-6-4-3-5-14(16)12-29/h3-6,9-10,29H,7-8,11-12H2,1-2H3,(H2,23,24,25,27). The average molecular weight is 427 g/mol. The number of hydrogen-bond acceptors (Lipinski definition) is 8. The Balaban J connectivity index is 1.63. The maximum atomic E-state index is 9.54. The number of methoxy groups -OCH3 is 1. The molecule has 0 saturated carbocycles. The SMILES string of the molecule is COc1cc2c(cc1Nc1nnc(Cl)c(Nc3ccccc3CO)n1)CN(C)CC2. The number of rotatable bonds is 6. The zero-order valence-corrected chi connectivity index (χ0v) is 17.6. The summed E-state index contributed by atoms with van der Waals surface area (Å²) in [6.45, 7) is 1.79. The number of ether oxygens (including phenoxy) is 1. The number of fused-ring (bicyclic) bond motifs is 1. The monoisotopic (exact) mass is 426 g/mol. The van der Waals surface area contributed by atoms with Crippen LogP contribution >= 0.6 is 11.6 Å². The van der Waals surface area contributed by atoms with Gasteiger partial charge in [0.1, 0.15) is 5.75 Å². The summed E-state index contributed by atoms with van der Waals surface area (Å²) in [6.07, 6.45) is 0.986. The highest BCUT2D eigenvalue weighted by molar-refractivity contribution is 6.31. The van der Waals surface area contributed by atoms with Gasteiger partial charge >= 0.3 is 0 Å². The third kappa shape index (κ3) is 4.30. The number of halogens is 1. The van der Waals surface area contributed by atoms with Gasteiger partial charge in [0.15, 0.2) is 11.0 Å². The van der Waals surface area contributed by atoms with Crippen molar-refractivity contribution in [3.05, 3.63) is 58.2 Å². The van der Waals surface area contributed by atoms with Crippen LogP contribution in [0.5, 0.6) is 5.75 Å². The van der Waals surface area contributed by atoms with Crippen molar-refractivity contribution in [2.45, 2.75) is 19.6 Å². The van der Waals surface area contributed by atoms with Crippen molar-refractivity contribution in [3.8, 4) is 5.75 Å². The van der Waals surface area contributed by atoms with Gasteiger partial charge in [0.2, 0.25) is 5.95 Å². The lowest BCUT2D eigenvalue weighted by Crippen LogP contribution is -2.26. The van der Waals surface area contributed by atoms with Crippen LogP contribution in [0, 0.1) is 0 Å². The molecule has 0 radical (unpaired) electrons. The van der Waals surface area contributed by atoms with E-state index in [1.165, 1.54) is 11.1 Å². The van der Waals surface area contributed by atoms with Crippen molar-refractivity contribution in [2.24, 2.45) is 0 Å². The molecule has 4 rings (SSSR count). The second-order valence-corrected chi connectivity index (χ2v) is 7.51. The summed E-state index contributed by atoms with van der Waals surface area (Å²) in [4.78, 5) is 6.74. The molecule has 2 aromatic carbocycles. The van der Waals surface area contributed by atoms with Gasteiger partial charge in [0.25, 0.3) is 0 Å². The molecule has 9 heteroatoms. The van der Waals surface area contributed by atoms with E-state index in [1.807, 2.05) is 24.3 Å². The lowest BCUT2D eigenvalue weighted by Gasteiger charge is -2.26. The van der Waals surface area contributed by atoms with E-state index in [9.17, 15) is 5.11 Å². The number of benzene rings is 2. The predicted molar refractivity (Wildman–Crippen MR) is 117 cm³/mol. The normalized spacial score (nSPS) is 13.6. The molecule has 0 atom stereocenters. The first kappa shape index (κ1) is 20.3. The molecule has 0 bridgehead atoms. The number of aliphatic hydroxyl groups is 1. The van der Waals surface area contributed by atoms with Crippen LogP contribution in [0.1, 0.15) is 16.7 Å². The van der Waals surface area contributed by atoms with Crippen LogP contribution in [0.15, 0.2) is 36.4 Å². The van der Waals surface area contributed by atoms with Crippen molar-refractivity contribution in [1.82, 2.24) is 20.1 Å². The zero-order chi connectivity index (χ0) is 21.1. The smallest absolute Gasteiger partial charge is 0.249 e. The maximum Gasteiger partial charge on any atom is 0.249 e. The van der Waals surface area contributed by atoms with Crippen molar-refractivity contribution in [2.75, 3.05) is 31.3 Å². The molecule has 0 aliphatic carbocycles. The van der Waals surface area contributed by atoms with Gasteiger partial charge in [-0.1, -0.05) is 29.8 Å². The third-order valence-corrected chi connectivity index (χ3v) is 5.31. The third-order valence-electron chi connectivity index (χ3n) is 5.06. The van der Waals surface area contributed by atoms with Crippen molar-refractivity contribution in [1.29, 1.82) is 0 Å². The van der Waals surface area contributed by atoms with E-state index in [-0.39, 0.29) is 17.7 Å². The lowest BCUT2D eigenvalue weighted by atomic mass is 9.99. The molecular weight excluding hydrogens is 404 g/mol. The van der Waals surface area contributed by atoms with Gasteiger partial charge in [-0.05, 0) is 42.8 Å². The number of aromatic nitrogens is 3. The number of hydrogen-bond donors (Lipinski definition) is 3. The highest BCUT2D eigenvalue weighted by Gasteiger charge is 2.18. The summed E-state index contributed by atoms with van der Waals surface area (Å²) in [6, 6.07) is 11.5. The Bertz CT molecular complexity index is 1060. The number of aliphatic hydroxyl groups excluding tert-OH is 1. The first-order valence-corrected chi connectivity index (χ1v) is 9.96. The molecular formula is C21H23ClN6O2. The van der Waals surface area contributed by atoms with Crippen LogP contribution in [-0.4, -0.2) is 45.9 Å². The van der Waals surface area contributed by atoms with E-state index >= 15 is 0 Å². The number of anilines is 4. The predicted octanol–water partition coefficient (Wildman–Crippen LogP) is 3.50. The summed E-state index contributed by atoms with van der Waals surface area (Å²) in [5, 5.41) is 24.0. The fraction of sp³-hybridized carbons (Fsp3) is 0.286. The van der Waals surface area contributed by atoms with Gasteiger partial charge in [0.05, 0.1) is 19.4 Å². The Morgan fingerprint density at radius 1 is 1.13 bits per heavy atom. The van der Waals surface area contributed by atoms with Gasteiger partial charge < -0.3 is 25.4 Å². The summed E-state index contributed by atoms with van der Waals surface area (Å²) in [5.41, 5.74) is 4.71. The van der Waals surface area contributed by atoms with Crippen molar-refractivity contribution < 1.29 is 9.84 Å². The summed E-state index contributed by atoms with van der Waals surface area (Å²) >= 11 is 6.19. The van der Waals surface area contributed by atoms with Crippen LogP contribution in [-0.2, 0) is 19.6 Å². The summed E-state index contributed by atoms with van der Waals surface area (Å²) < 4.78 is 5.57. The molecule has 0 fully saturated rings. The Kier molecular flexibility index (Phi) is 5.98. The summed E-state index contributed by atoms with van der Waals surface area (Å²) in [7, 11) is 3.75. The summed E-state index contributed by atoms with van der Waals surface area (Å²) in [5.74, 6) is 1.34. The lowest BCUT2D eigenvalue weighted by molar-refractivity contribution is 0.282. The largest absolute Gasteiger partial charge is 0.495 e. The Morgan fingerprint density at radius 2 is 1.97 bits per heavy atom. The first-order valence-electron chi connectivity index (χ1n) is 9.58. The molecule has 1 aliphatic heterocycles. The minimum atomic E-state index is -0.106. The second kappa shape index (κ2) is 8.83. The topological polar surface area (TPSA) is 95.4 Å². The molecule has 3 aromatic rings. The van der Waals surface area contributed by atoms with Gasteiger partial charge in [-0.15, -0.1) is 10.2 Å². The van der Waals surface area contributed by atoms with Crippen LogP contribution in [0.25, 0.3) is 0 Å². The quantitative estimate of drug-likeness (QED) is 0.551. The molecule has 1 aliphatic rings. The number of nitrogens with zero attached hydrogens (tertiary/aromatic N) is 4. The molecule has 0 saturated heterocycles. The van der Waals surface area contributed by atoms with Gasteiger partial charge in [-0.2, -0.15) is 4.98 Å². The Morgan fingerprint density at radius 3 is 2.77 bits per heavy atom. The van der Waals surface area contributed by atoms with Crippen LogP contribution in [0.4, 0.5) is 23.1 Å². The fourth-order valence-corrected chi connectivity index (χ4v) is 3.60. The minimum absolute atomic E-state index is 0.106. The van der Waals surface area contributed by atoms with E-state index in [4.69, 9.17) is 16.3 Å². The van der Waals surface area contributed by atoms with E-state index in [1.54, 1.807) is 7.11 Å². The molecule has 30 heavy (non-hydrogen) atoms. The van der Waals surface area contributed by atoms with Gasteiger partial charge in [0, 0.05) is 24.3 Å². The van der Waals surface area contributed by atoms with E-state index in [0.29, 0.717) is 11.5 Å². The molecule has 0 spiro atoms. The van der Waals surface area contributed by atoms with Crippen LogP contribution < -0.4 is 15.4 Å². The van der Waals surface area contributed by atoms with Crippen LogP contribution in [0.2, 0.25) is 5.15 Å². The molecule has 1 aromatic heterocycles. The van der Waals surface area contributed by atoms with E-state index in [2.05, 4.69) is 49.9 Å². The maximum absolute atomic E-state index is 9.54. The average Bonchev–Trinajstić information content (AvgIpc) is 2.76. The first-order chi connectivity index (χ1) is 14.6. The molecule has 0 unspecified atom stereocenters. The number of likely N-dealkylation sites (N-methyl/N-ethyl adjacent to an activating group) is 1. The highest BCUT2D eigenvalue weighted by Crippen LogP contribution is 2.33. The van der Waals surface area contributed by atoms with Gasteiger partial charge in [-0.25, -0.2) is 0 Å². The molecule has 8 nitrogen and oxygen atoms in total. The molecule has 0 amide bonds. The van der Waals surface area contributed by atoms with Gasteiger partial charge in [-0.3, -0.25) is 0 Å². The van der Waals surface area contributed by atoms with Crippen molar-refractivity contribution >= 4 is 34.7 Å². The second-order valence-electron chi connectivity index (χ2n) is 7.15. The molecule has 2 heterocycles. The highest BCUT2D eigenvalue weighted by atomic mass is 35.5. The molecule has 156 valence electrons. The van der Waals surface area contributed by atoms with E-state index < -0.39 is 0 Å². The van der Waals surface area contributed by atoms with Crippen LogP contribution in [0.3, 0.4) is 0 Å². The van der Waals surface area contributed by atoms with E-state index in [0.717, 1.165) is 36.5 Å². The fourth-order valence-electron chi connectivity index (χ4n) is 3.47.